The second-order valence-corrected chi connectivity index (χ2v) is 5.68. The summed E-state index contributed by atoms with van der Waals surface area (Å²) in [6.45, 7) is 2.45. The van der Waals surface area contributed by atoms with Crippen LogP contribution >= 0.6 is 0 Å². The zero-order chi connectivity index (χ0) is 15.1. The Hall–Kier alpha value is -2.17. The van der Waals surface area contributed by atoms with E-state index in [1.54, 1.807) is 6.92 Å². The van der Waals surface area contributed by atoms with Gasteiger partial charge in [0.05, 0.1) is 11.9 Å². The molecule has 0 aliphatic heterocycles. The van der Waals surface area contributed by atoms with E-state index in [2.05, 4.69) is 0 Å². The Bertz CT molecular complexity index is 790. The minimum Gasteiger partial charge on any atom is -0.481 e. The van der Waals surface area contributed by atoms with Crippen LogP contribution in [0.3, 0.4) is 0 Å². The minimum atomic E-state index is -1.03. The van der Waals surface area contributed by atoms with E-state index < -0.39 is 11.8 Å². The van der Waals surface area contributed by atoms with Crippen molar-refractivity contribution in [2.24, 2.45) is 5.92 Å². The van der Waals surface area contributed by atoms with Crippen LogP contribution in [-0.2, 0) is 17.8 Å². The van der Waals surface area contributed by atoms with Crippen molar-refractivity contribution in [1.82, 2.24) is 4.57 Å². The van der Waals surface area contributed by atoms with Gasteiger partial charge in [-0.3, -0.25) is 9.59 Å². The molecule has 0 atom stereocenters. The van der Waals surface area contributed by atoms with E-state index >= 15 is 0 Å². The maximum atomic E-state index is 13.5. The van der Waals surface area contributed by atoms with Crippen LogP contribution in [0.15, 0.2) is 23.0 Å². The molecule has 0 amide bonds. The number of hydrogen-bond donors (Lipinski definition) is 1. The lowest BCUT2D eigenvalue weighted by Crippen LogP contribution is -2.22. The molecule has 0 saturated heterocycles. The largest absolute Gasteiger partial charge is 0.481 e. The van der Waals surface area contributed by atoms with E-state index in [0.29, 0.717) is 34.6 Å². The van der Waals surface area contributed by atoms with Crippen LogP contribution in [0.5, 0.6) is 0 Å². The monoisotopic (exact) mass is 289 g/mol. The molecular formula is C16H16FNO3. The SMILES string of the molecule is Cc1c(CC(=O)O)c(=O)c2ccc(F)cc2n1CC1CC1. The molecule has 0 bridgehead atoms. The third-order valence-electron chi connectivity index (χ3n) is 4.08. The highest BCUT2D eigenvalue weighted by Crippen LogP contribution is 2.32. The molecule has 1 heterocycles. The van der Waals surface area contributed by atoms with Crippen molar-refractivity contribution < 1.29 is 14.3 Å². The number of carboxylic acids is 1. The number of hydrogen-bond acceptors (Lipinski definition) is 2. The number of carboxylic acid groups (broad SMARTS) is 1. The van der Waals surface area contributed by atoms with Gasteiger partial charge >= 0.3 is 5.97 Å². The topological polar surface area (TPSA) is 59.3 Å². The fourth-order valence-electron chi connectivity index (χ4n) is 2.74. The van der Waals surface area contributed by atoms with E-state index in [9.17, 15) is 14.0 Å². The van der Waals surface area contributed by atoms with E-state index in [0.717, 1.165) is 12.8 Å². The average Bonchev–Trinajstić information content (AvgIpc) is 3.23. The van der Waals surface area contributed by atoms with Gasteiger partial charge in [-0.1, -0.05) is 0 Å². The lowest BCUT2D eigenvalue weighted by molar-refractivity contribution is -0.136. The summed E-state index contributed by atoms with van der Waals surface area (Å²) < 4.78 is 15.4. The molecule has 1 N–H and O–H groups in total. The van der Waals surface area contributed by atoms with Crippen molar-refractivity contribution in [1.29, 1.82) is 0 Å². The van der Waals surface area contributed by atoms with Crippen LogP contribution in [0.2, 0.25) is 0 Å². The summed E-state index contributed by atoms with van der Waals surface area (Å²) in [5.41, 5.74) is 1.17. The second kappa shape index (κ2) is 4.98. The lowest BCUT2D eigenvalue weighted by atomic mass is 10.0. The highest BCUT2D eigenvalue weighted by atomic mass is 19.1. The van der Waals surface area contributed by atoms with Gasteiger partial charge in [-0.2, -0.15) is 0 Å². The Labute approximate surface area is 120 Å². The number of aromatic nitrogens is 1. The molecular weight excluding hydrogens is 273 g/mol. The number of carbonyl (C=O) groups is 1. The zero-order valence-corrected chi connectivity index (χ0v) is 11.7. The smallest absolute Gasteiger partial charge is 0.308 e. The van der Waals surface area contributed by atoms with Crippen LogP contribution in [0.4, 0.5) is 4.39 Å². The third-order valence-corrected chi connectivity index (χ3v) is 4.08. The van der Waals surface area contributed by atoms with Crippen LogP contribution < -0.4 is 5.43 Å². The molecule has 2 aromatic rings. The van der Waals surface area contributed by atoms with Gasteiger partial charge in [0.25, 0.3) is 0 Å². The van der Waals surface area contributed by atoms with Crippen molar-refractivity contribution in [3.63, 3.8) is 0 Å². The Balaban J connectivity index is 2.30. The Morgan fingerprint density at radius 3 is 2.76 bits per heavy atom. The Morgan fingerprint density at radius 1 is 1.43 bits per heavy atom. The highest BCUT2D eigenvalue weighted by molar-refractivity contribution is 5.82. The summed E-state index contributed by atoms with van der Waals surface area (Å²) in [5, 5.41) is 9.40. The molecule has 5 heteroatoms. The van der Waals surface area contributed by atoms with Crippen LogP contribution in [-0.4, -0.2) is 15.6 Å². The number of pyridine rings is 1. The highest BCUT2D eigenvalue weighted by Gasteiger charge is 2.24. The predicted molar refractivity (Wildman–Crippen MR) is 77.0 cm³/mol. The maximum absolute atomic E-state index is 13.5. The van der Waals surface area contributed by atoms with Gasteiger partial charge in [0.1, 0.15) is 5.82 Å². The van der Waals surface area contributed by atoms with Crippen molar-refractivity contribution in [3.05, 3.63) is 45.5 Å². The predicted octanol–water partition coefficient (Wildman–Crippen LogP) is 2.49. The maximum Gasteiger partial charge on any atom is 0.308 e. The molecule has 1 fully saturated rings. The van der Waals surface area contributed by atoms with Crippen LogP contribution in [0, 0.1) is 18.7 Å². The number of benzene rings is 1. The van der Waals surface area contributed by atoms with Crippen LogP contribution in [0.1, 0.15) is 24.1 Å². The molecule has 4 nitrogen and oxygen atoms in total. The Morgan fingerprint density at radius 2 is 2.14 bits per heavy atom. The van der Waals surface area contributed by atoms with E-state index in [-0.39, 0.29) is 11.8 Å². The second-order valence-electron chi connectivity index (χ2n) is 5.68. The van der Waals surface area contributed by atoms with Gasteiger partial charge in [0, 0.05) is 23.2 Å². The molecule has 1 aromatic heterocycles. The molecule has 1 aliphatic carbocycles. The first kappa shape index (κ1) is 13.8. The first-order chi connectivity index (χ1) is 9.97. The normalized spacial score (nSPS) is 14.6. The van der Waals surface area contributed by atoms with Gasteiger partial charge in [-0.25, -0.2) is 4.39 Å². The first-order valence-electron chi connectivity index (χ1n) is 7.00. The standard InChI is InChI=1S/C16H16FNO3/c1-9-13(7-15(19)20)16(21)12-5-4-11(17)6-14(12)18(9)8-10-2-3-10/h4-6,10H,2-3,7-8H2,1H3,(H,19,20). The number of halogens is 1. The molecule has 0 radical (unpaired) electrons. The molecule has 1 aromatic carbocycles. The van der Waals surface area contributed by atoms with Crippen LogP contribution in [0.25, 0.3) is 10.9 Å². The number of nitrogens with zero attached hydrogens (tertiary/aromatic N) is 1. The molecule has 0 spiro atoms. The zero-order valence-electron chi connectivity index (χ0n) is 11.7. The van der Waals surface area contributed by atoms with Gasteiger partial charge in [0.2, 0.25) is 0 Å². The van der Waals surface area contributed by atoms with Gasteiger partial charge in [-0.15, -0.1) is 0 Å². The van der Waals surface area contributed by atoms with Crippen molar-refractivity contribution in [2.45, 2.75) is 32.7 Å². The van der Waals surface area contributed by atoms with Gasteiger partial charge in [-0.05, 0) is 43.9 Å². The molecule has 110 valence electrons. The summed E-state index contributed by atoms with van der Waals surface area (Å²) >= 11 is 0. The number of fused-ring (bicyclic) bond motifs is 1. The quantitative estimate of drug-likeness (QED) is 0.940. The van der Waals surface area contributed by atoms with Crippen molar-refractivity contribution in [2.75, 3.05) is 0 Å². The summed E-state index contributed by atoms with van der Waals surface area (Å²) in [7, 11) is 0. The number of rotatable bonds is 4. The summed E-state index contributed by atoms with van der Waals surface area (Å²) in [6.07, 6.45) is 1.94. The van der Waals surface area contributed by atoms with Crippen molar-refractivity contribution in [3.8, 4) is 0 Å². The third kappa shape index (κ3) is 2.55. The van der Waals surface area contributed by atoms with E-state index in [1.807, 2.05) is 4.57 Å². The summed E-state index contributed by atoms with van der Waals surface area (Å²) in [6, 6.07) is 4.04. The fourth-order valence-corrected chi connectivity index (χ4v) is 2.74. The molecule has 0 unspecified atom stereocenters. The van der Waals surface area contributed by atoms with E-state index in [1.165, 1.54) is 18.2 Å². The average molecular weight is 289 g/mol. The molecule has 1 saturated carbocycles. The summed E-state index contributed by atoms with van der Waals surface area (Å²) in [4.78, 5) is 23.5. The van der Waals surface area contributed by atoms with E-state index in [4.69, 9.17) is 5.11 Å². The summed E-state index contributed by atoms with van der Waals surface area (Å²) in [5.74, 6) is -0.887. The minimum absolute atomic E-state index is 0.294. The Kier molecular flexibility index (Phi) is 3.27. The number of aliphatic carboxylic acids is 1. The fraction of sp³-hybridized carbons (Fsp3) is 0.375. The molecule has 21 heavy (non-hydrogen) atoms. The molecule has 1 aliphatic rings. The first-order valence-corrected chi connectivity index (χ1v) is 7.00. The van der Waals surface area contributed by atoms with Crippen molar-refractivity contribution >= 4 is 16.9 Å². The van der Waals surface area contributed by atoms with Gasteiger partial charge < -0.3 is 9.67 Å². The molecule has 3 rings (SSSR count). The lowest BCUT2D eigenvalue weighted by Gasteiger charge is -2.17. The van der Waals surface area contributed by atoms with Gasteiger partial charge in [0.15, 0.2) is 5.43 Å².